The average molecular weight is 472 g/mol. The summed E-state index contributed by atoms with van der Waals surface area (Å²) in [6, 6.07) is 11.9. The Bertz CT molecular complexity index is 962. The first kappa shape index (κ1) is 27.7. The van der Waals surface area contributed by atoms with Crippen molar-refractivity contribution in [2.75, 3.05) is 0 Å². The molecule has 0 aliphatic heterocycles. The molecule has 3 rings (SSSR count). The fourth-order valence-corrected chi connectivity index (χ4v) is 7.77. The summed E-state index contributed by atoms with van der Waals surface area (Å²) in [7, 11) is -10.3. The zero-order chi connectivity index (χ0) is 19.7. The van der Waals surface area contributed by atoms with Gasteiger partial charge in [0, 0.05) is 0 Å². The van der Waals surface area contributed by atoms with Crippen LogP contribution in [0.4, 0.5) is 0 Å². The Hall–Kier alpha value is 0.690. The number of hydrogen-bond acceptors (Lipinski definition) is 6. The van der Waals surface area contributed by atoms with Crippen molar-refractivity contribution in [2.24, 2.45) is 0 Å². The van der Waals surface area contributed by atoms with Gasteiger partial charge in [-0.15, -0.1) is 0 Å². The molecule has 0 aromatic heterocycles. The smallest absolute Gasteiger partial charge is 0.744 e. The van der Waals surface area contributed by atoms with Gasteiger partial charge in [-0.25, -0.2) is 16.8 Å². The van der Waals surface area contributed by atoms with E-state index in [-0.39, 0.29) is 74.6 Å². The van der Waals surface area contributed by atoms with E-state index in [4.69, 9.17) is 0 Å². The van der Waals surface area contributed by atoms with Gasteiger partial charge in [0.25, 0.3) is 0 Å². The number of hydrogen-bond donors (Lipinski definition) is 0. The maximum atomic E-state index is 11.4. The summed E-state index contributed by atoms with van der Waals surface area (Å²) in [5, 5.41) is 1.41. The third-order valence-electron chi connectivity index (χ3n) is 4.71. The Morgan fingerprint density at radius 2 is 1.14 bits per heavy atom. The van der Waals surface area contributed by atoms with Crippen LogP contribution in [0.5, 0.6) is 0 Å². The van der Waals surface area contributed by atoms with Crippen molar-refractivity contribution in [3.8, 4) is 0 Å². The maximum Gasteiger partial charge on any atom is 1.00 e. The van der Waals surface area contributed by atoms with E-state index >= 15 is 0 Å². The van der Waals surface area contributed by atoms with Crippen LogP contribution in [0.2, 0.25) is 0 Å². The first-order chi connectivity index (χ1) is 12.7. The van der Waals surface area contributed by atoms with E-state index in [1.54, 1.807) is 12.1 Å². The van der Waals surface area contributed by atoms with Crippen molar-refractivity contribution in [3.63, 3.8) is 0 Å². The van der Waals surface area contributed by atoms with Crippen molar-refractivity contribution in [3.05, 3.63) is 48.5 Å². The summed E-state index contributed by atoms with van der Waals surface area (Å²) in [4.78, 5) is -0.591. The number of rotatable bonds is 5. The zero-order valence-electron chi connectivity index (χ0n) is 16.4. The molecular formula is C18H19Na2O6PS2. The van der Waals surface area contributed by atoms with Crippen LogP contribution >= 0.6 is 7.92 Å². The van der Waals surface area contributed by atoms with Gasteiger partial charge in [-0.2, -0.15) is 0 Å². The molecule has 0 saturated heterocycles. The third kappa shape index (κ3) is 7.36. The fourth-order valence-electron chi connectivity index (χ4n) is 3.49. The van der Waals surface area contributed by atoms with Gasteiger partial charge in [-0.1, -0.05) is 43.5 Å². The van der Waals surface area contributed by atoms with Crippen LogP contribution in [-0.4, -0.2) is 31.6 Å². The van der Waals surface area contributed by atoms with Crippen LogP contribution in [0.25, 0.3) is 0 Å². The first-order valence-corrected chi connectivity index (χ1v) is 12.8. The topological polar surface area (TPSA) is 114 Å². The van der Waals surface area contributed by atoms with Crippen molar-refractivity contribution in [2.45, 2.75) is 47.6 Å². The molecule has 1 saturated carbocycles. The molecule has 0 amide bonds. The molecular weight excluding hydrogens is 453 g/mol. The van der Waals surface area contributed by atoms with Crippen LogP contribution in [0.3, 0.4) is 0 Å². The van der Waals surface area contributed by atoms with Gasteiger partial charge in [0.2, 0.25) is 0 Å². The Kier molecular flexibility index (Phi) is 11.0. The van der Waals surface area contributed by atoms with Crippen molar-refractivity contribution >= 4 is 38.8 Å². The molecule has 0 spiro atoms. The fraction of sp³-hybridized carbons (Fsp3) is 0.333. The molecule has 1 aliphatic carbocycles. The Morgan fingerprint density at radius 3 is 1.52 bits per heavy atom. The van der Waals surface area contributed by atoms with E-state index in [0.717, 1.165) is 32.1 Å². The minimum absolute atomic E-state index is 0. The molecule has 1 aliphatic rings. The van der Waals surface area contributed by atoms with Gasteiger partial charge in [0.15, 0.2) is 0 Å². The van der Waals surface area contributed by atoms with Gasteiger partial charge < -0.3 is 9.11 Å². The van der Waals surface area contributed by atoms with E-state index in [2.05, 4.69) is 0 Å². The molecule has 0 bridgehead atoms. The Morgan fingerprint density at radius 1 is 0.724 bits per heavy atom. The van der Waals surface area contributed by atoms with E-state index in [9.17, 15) is 25.9 Å². The van der Waals surface area contributed by atoms with E-state index in [0.29, 0.717) is 10.6 Å². The van der Waals surface area contributed by atoms with Crippen molar-refractivity contribution in [1.82, 2.24) is 0 Å². The molecule has 1 fully saturated rings. The third-order valence-corrected chi connectivity index (χ3v) is 9.29. The van der Waals surface area contributed by atoms with Gasteiger partial charge in [-0.05, 0) is 61.3 Å². The molecule has 0 heterocycles. The van der Waals surface area contributed by atoms with E-state index < -0.39 is 28.2 Å². The summed E-state index contributed by atoms with van der Waals surface area (Å²) in [5.41, 5.74) is 0.239. The van der Waals surface area contributed by atoms with Crippen LogP contribution in [-0.2, 0) is 20.2 Å². The van der Waals surface area contributed by atoms with Crippen LogP contribution in [0.15, 0.2) is 58.3 Å². The second-order valence-corrected chi connectivity index (χ2v) is 11.8. The van der Waals surface area contributed by atoms with Gasteiger partial charge in [0.1, 0.15) is 20.2 Å². The van der Waals surface area contributed by atoms with Gasteiger partial charge >= 0.3 is 59.1 Å². The summed E-state index contributed by atoms with van der Waals surface area (Å²) < 4.78 is 68.6. The molecule has 0 unspecified atom stereocenters. The molecule has 6 nitrogen and oxygen atoms in total. The monoisotopic (exact) mass is 472 g/mol. The average Bonchev–Trinajstić information content (AvgIpc) is 2.62. The van der Waals surface area contributed by atoms with Crippen molar-refractivity contribution < 1.29 is 85.1 Å². The van der Waals surface area contributed by atoms with Crippen molar-refractivity contribution in [1.29, 1.82) is 0 Å². The molecule has 0 N–H and O–H groups in total. The Balaban J connectivity index is 0.00000210. The summed E-state index contributed by atoms with van der Waals surface area (Å²) in [6.07, 6.45) is 5.09. The SMILES string of the molecule is O=S(=O)([O-])c1cccc(P(c2cccc(S(=O)(=O)[O-])c2)C2CCCCC2)c1.[Na+].[Na+]. The summed E-state index contributed by atoms with van der Waals surface area (Å²) >= 11 is 0. The number of benzene rings is 2. The second-order valence-electron chi connectivity index (χ2n) is 6.56. The molecule has 11 heteroatoms. The predicted molar refractivity (Wildman–Crippen MR) is 102 cm³/mol. The minimum Gasteiger partial charge on any atom is -0.744 e. The molecule has 146 valence electrons. The predicted octanol–water partition coefficient (Wildman–Crippen LogP) is -3.73. The summed E-state index contributed by atoms with van der Waals surface area (Å²) in [6.45, 7) is 0. The van der Waals surface area contributed by atoms with Crippen LogP contribution in [0.1, 0.15) is 32.1 Å². The largest absolute Gasteiger partial charge is 1.00 e. The van der Waals surface area contributed by atoms with Crippen LogP contribution in [0, 0.1) is 0 Å². The molecule has 29 heavy (non-hydrogen) atoms. The maximum absolute atomic E-state index is 11.4. The van der Waals surface area contributed by atoms with Gasteiger partial charge in [0.05, 0.1) is 9.79 Å². The molecule has 0 radical (unpaired) electrons. The quantitative estimate of drug-likeness (QED) is 0.251. The standard InChI is InChI=1S/C18H21O6PS2.2Na/c19-26(20,21)17-10-4-8-15(12-17)25(14-6-2-1-3-7-14)16-9-5-11-18(13-16)27(22,23)24;;/h4-5,8-14H,1-3,6-7H2,(H,19,20,21)(H,22,23,24);;/q;2*+1/p-2. The first-order valence-electron chi connectivity index (χ1n) is 8.57. The van der Waals surface area contributed by atoms with E-state index in [1.807, 2.05) is 0 Å². The molecule has 2 aromatic rings. The molecule has 0 atom stereocenters. The Labute approximate surface area is 217 Å². The van der Waals surface area contributed by atoms with Crippen LogP contribution < -0.4 is 69.7 Å². The second kappa shape index (κ2) is 11.5. The summed E-state index contributed by atoms with van der Waals surface area (Å²) in [5.74, 6) is 0. The normalized spacial score (nSPS) is 15.4. The van der Waals surface area contributed by atoms with Gasteiger partial charge in [-0.3, -0.25) is 0 Å². The van der Waals surface area contributed by atoms with E-state index in [1.165, 1.54) is 36.4 Å². The molecule has 2 aromatic carbocycles. The minimum atomic E-state index is -4.59. The zero-order valence-corrected chi connectivity index (χ0v) is 23.0.